The first-order valence-corrected chi connectivity index (χ1v) is 10.2. The molecule has 0 aliphatic heterocycles. The summed E-state index contributed by atoms with van der Waals surface area (Å²) in [7, 11) is 1.56. The number of ether oxygens (including phenoxy) is 2. The SMILES string of the molecule is COc1cc(C=CC(=O)c2cc3ccccc3o2)ccc1OCc1ccc(Cl)cc1Cl. The molecule has 4 nitrogen and oxygen atoms in total. The largest absolute Gasteiger partial charge is 0.493 e. The Labute approximate surface area is 189 Å². The second-order valence-corrected chi connectivity index (χ2v) is 7.62. The van der Waals surface area contributed by atoms with Crippen molar-refractivity contribution in [1.29, 1.82) is 0 Å². The third-order valence-electron chi connectivity index (χ3n) is 4.68. The molecule has 0 fully saturated rings. The lowest BCUT2D eigenvalue weighted by atomic mass is 10.1. The van der Waals surface area contributed by atoms with E-state index in [-0.39, 0.29) is 12.4 Å². The summed E-state index contributed by atoms with van der Waals surface area (Å²) in [6.45, 7) is 0.270. The number of benzene rings is 3. The van der Waals surface area contributed by atoms with Gasteiger partial charge >= 0.3 is 0 Å². The van der Waals surface area contributed by atoms with Crippen molar-refractivity contribution in [3.05, 3.63) is 99.7 Å². The molecule has 0 amide bonds. The van der Waals surface area contributed by atoms with E-state index in [4.69, 9.17) is 37.1 Å². The van der Waals surface area contributed by atoms with Gasteiger partial charge in [0.05, 0.1) is 7.11 Å². The minimum absolute atomic E-state index is 0.215. The standard InChI is InChI=1S/C25H18Cl2O4/c1-29-25-12-16(6-10-21(28)24-13-17-4-2-3-5-22(17)31-24)7-11-23(25)30-15-18-8-9-19(26)14-20(18)27/h2-14H,15H2,1H3. The van der Waals surface area contributed by atoms with E-state index < -0.39 is 0 Å². The number of rotatable bonds is 7. The van der Waals surface area contributed by atoms with Crippen LogP contribution in [0.3, 0.4) is 0 Å². The van der Waals surface area contributed by atoms with Crippen LogP contribution in [0.1, 0.15) is 21.7 Å². The van der Waals surface area contributed by atoms with Gasteiger partial charge < -0.3 is 13.9 Å². The third-order valence-corrected chi connectivity index (χ3v) is 5.27. The van der Waals surface area contributed by atoms with E-state index in [0.29, 0.717) is 32.9 Å². The van der Waals surface area contributed by atoms with Crippen LogP contribution in [0.15, 0.2) is 77.2 Å². The highest BCUT2D eigenvalue weighted by Gasteiger charge is 2.10. The van der Waals surface area contributed by atoms with Gasteiger partial charge in [0, 0.05) is 21.0 Å². The van der Waals surface area contributed by atoms with Crippen LogP contribution in [0.5, 0.6) is 11.5 Å². The van der Waals surface area contributed by atoms with Gasteiger partial charge in [0.1, 0.15) is 12.2 Å². The number of fused-ring (bicyclic) bond motifs is 1. The predicted molar refractivity (Wildman–Crippen MR) is 123 cm³/mol. The average Bonchev–Trinajstić information content (AvgIpc) is 3.21. The lowest BCUT2D eigenvalue weighted by molar-refractivity contribution is 0.102. The summed E-state index contributed by atoms with van der Waals surface area (Å²) < 4.78 is 16.9. The molecule has 6 heteroatoms. The summed E-state index contributed by atoms with van der Waals surface area (Å²) in [4.78, 5) is 12.5. The Bertz CT molecular complexity index is 1240. The molecular formula is C25H18Cl2O4. The van der Waals surface area contributed by atoms with Crippen LogP contribution in [0, 0.1) is 0 Å². The molecule has 0 aliphatic carbocycles. The van der Waals surface area contributed by atoms with Crippen molar-refractivity contribution in [1.82, 2.24) is 0 Å². The molecule has 0 saturated heterocycles. The Morgan fingerprint density at radius 2 is 1.84 bits per heavy atom. The maximum absolute atomic E-state index is 12.5. The van der Waals surface area contributed by atoms with Crippen LogP contribution in [0.2, 0.25) is 10.0 Å². The molecule has 3 aromatic carbocycles. The van der Waals surface area contributed by atoms with E-state index in [9.17, 15) is 4.79 Å². The van der Waals surface area contributed by atoms with Crippen molar-refractivity contribution in [3.63, 3.8) is 0 Å². The first kappa shape index (κ1) is 21.0. The highest BCUT2D eigenvalue weighted by Crippen LogP contribution is 2.30. The first-order valence-electron chi connectivity index (χ1n) is 9.49. The van der Waals surface area contributed by atoms with Gasteiger partial charge in [0.25, 0.3) is 0 Å². The Morgan fingerprint density at radius 1 is 1.00 bits per heavy atom. The number of allylic oxidation sites excluding steroid dienone is 1. The molecule has 0 aliphatic rings. The van der Waals surface area contributed by atoms with Crippen LogP contribution >= 0.6 is 23.2 Å². The Morgan fingerprint density at radius 3 is 2.61 bits per heavy atom. The number of carbonyl (C=O) groups is 1. The number of furan rings is 1. The van der Waals surface area contributed by atoms with E-state index in [1.165, 1.54) is 6.08 Å². The van der Waals surface area contributed by atoms with Gasteiger partial charge in [-0.1, -0.05) is 59.6 Å². The molecular weight excluding hydrogens is 435 g/mol. The molecule has 0 radical (unpaired) electrons. The fourth-order valence-corrected chi connectivity index (χ4v) is 3.52. The summed E-state index contributed by atoms with van der Waals surface area (Å²) in [5.41, 5.74) is 2.29. The number of halogens is 2. The summed E-state index contributed by atoms with van der Waals surface area (Å²) >= 11 is 12.1. The topological polar surface area (TPSA) is 48.7 Å². The third kappa shape index (κ3) is 4.93. The smallest absolute Gasteiger partial charge is 0.221 e. The number of hydrogen-bond donors (Lipinski definition) is 0. The van der Waals surface area contributed by atoms with Gasteiger partial charge in [-0.25, -0.2) is 0 Å². The Hall–Kier alpha value is -3.21. The highest BCUT2D eigenvalue weighted by atomic mass is 35.5. The molecule has 4 rings (SSSR count). The molecule has 0 bridgehead atoms. The number of carbonyl (C=O) groups excluding carboxylic acids is 1. The quantitative estimate of drug-likeness (QED) is 0.219. The second-order valence-electron chi connectivity index (χ2n) is 6.78. The van der Waals surface area contributed by atoms with Gasteiger partial charge in [0.2, 0.25) is 5.78 Å². The van der Waals surface area contributed by atoms with E-state index in [2.05, 4.69) is 0 Å². The molecule has 156 valence electrons. The van der Waals surface area contributed by atoms with Crippen LogP contribution in [-0.4, -0.2) is 12.9 Å². The van der Waals surface area contributed by atoms with Crippen molar-refractivity contribution in [2.45, 2.75) is 6.61 Å². The number of ketones is 1. The van der Waals surface area contributed by atoms with Gasteiger partial charge in [-0.05, 0) is 48.0 Å². The molecule has 0 unspecified atom stereocenters. The molecule has 1 heterocycles. The zero-order valence-electron chi connectivity index (χ0n) is 16.6. The maximum atomic E-state index is 12.5. The number of para-hydroxylation sites is 1. The van der Waals surface area contributed by atoms with Crippen molar-refractivity contribution in [2.24, 2.45) is 0 Å². The minimum Gasteiger partial charge on any atom is -0.493 e. The average molecular weight is 453 g/mol. The lowest BCUT2D eigenvalue weighted by Gasteiger charge is -2.12. The first-order chi connectivity index (χ1) is 15.0. The highest BCUT2D eigenvalue weighted by molar-refractivity contribution is 6.35. The van der Waals surface area contributed by atoms with Crippen LogP contribution < -0.4 is 9.47 Å². The van der Waals surface area contributed by atoms with Crippen molar-refractivity contribution < 1.29 is 18.7 Å². The summed E-state index contributed by atoms with van der Waals surface area (Å²) in [6.07, 6.45) is 3.18. The minimum atomic E-state index is -0.215. The van der Waals surface area contributed by atoms with Gasteiger partial charge in [0.15, 0.2) is 17.3 Å². The Balaban J connectivity index is 1.47. The fourth-order valence-electron chi connectivity index (χ4n) is 3.06. The normalized spacial score (nSPS) is 11.2. The molecule has 0 N–H and O–H groups in total. The van der Waals surface area contributed by atoms with Crippen LogP contribution in [-0.2, 0) is 6.61 Å². The molecule has 4 aromatic rings. The number of hydrogen-bond acceptors (Lipinski definition) is 4. The van der Waals surface area contributed by atoms with E-state index >= 15 is 0 Å². The fraction of sp³-hybridized carbons (Fsp3) is 0.0800. The monoisotopic (exact) mass is 452 g/mol. The molecule has 0 atom stereocenters. The molecule has 0 saturated carbocycles. The van der Waals surface area contributed by atoms with Gasteiger partial charge in [-0.15, -0.1) is 0 Å². The van der Waals surface area contributed by atoms with E-state index in [0.717, 1.165) is 16.5 Å². The lowest BCUT2D eigenvalue weighted by Crippen LogP contribution is -1.98. The molecule has 31 heavy (non-hydrogen) atoms. The zero-order valence-corrected chi connectivity index (χ0v) is 18.1. The van der Waals surface area contributed by atoms with Crippen molar-refractivity contribution >= 4 is 46.0 Å². The predicted octanol–water partition coefficient (Wildman–Crippen LogP) is 7.22. The maximum Gasteiger partial charge on any atom is 0.221 e. The van der Waals surface area contributed by atoms with Crippen molar-refractivity contribution in [3.8, 4) is 11.5 Å². The summed E-state index contributed by atoms with van der Waals surface area (Å²) in [5, 5.41) is 2.00. The van der Waals surface area contributed by atoms with E-state index in [1.807, 2.05) is 36.4 Å². The second kappa shape index (κ2) is 9.29. The summed E-state index contributed by atoms with van der Waals surface area (Å²) in [5.74, 6) is 1.19. The molecule has 1 aromatic heterocycles. The van der Waals surface area contributed by atoms with Gasteiger partial charge in [-0.3, -0.25) is 4.79 Å². The van der Waals surface area contributed by atoms with Crippen LogP contribution in [0.25, 0.3) is 17.0 Å². The summed E-state index contributed by atoms with van der Waals surface area (Å²) in [6, 6.07) is 19.9. The van der Waals surface area contributed by atoms with Crippen molar-refractivity contribution in [2.75, 3.05) is 7.11 Å². The van der Waals surface area contributed by atoms with E-state index in [1.54, 1.807) is 43.5 Å². The van der Waals surface area contributed by atoms with Gasteiger partial charge in [-0.2, -0.15) is 0 Å². The Kier molecular flexibility index (Phi) is 6.31. The van der Waals surface area contributed by atoms with Crippen LogP contribution in [0.4, 0.5) is 0 Å². The number of methoxy groups -OCH3 is 1. The zero-order chi connectivity index (χ0) is 21.8. The molecule has 0 spiro atoms.